The Balaban J connectivity index is 1.94. The van der Waals surface area contributed by atoms with Gasteiger partial charge < -0.3 is 20.6 Å². The van der Waals surface area contributed by atoms with Gasteiger partial charge in [0, 0.05) is 24.7 Å². The smallest absolute Gasteiger partial charge is 0.323 e. The molecule has 3 rings (SSSR count). The molecule has 0 heterocycles. The van der Waals surface area contributed by atoms with Crippen molar-refractivity contribution in [1.29, 1.82) is 0 Å². The number of rotatable bonds is 9. The lowest BCUT2D eigenvalue weighted by Gasteiger charge is -2.31. The lowest BCUT2D eigenvalue weighted by atomic mass is 10.0. The van der Waals surface area contributed by atoms with E-state index in [-0.39, 0.29) is 5.92 Å². The number of anilines is 3. The van der Waals surface area contributed by atoms with Crippen LogP contribution >= 0.6 is 0 Å². The third kappa shape index (κ3) is 6.46. The summed E-state index contributed by atoms with van der Waals surface area (Å²) in [7, 11) is 0. The van der Waals surface area contributed by atoms with Crippen LogP contribution in [0.15, 0.2) is 36.4 Å². The fraction of sp³-hybridized carbons (Fsp3) is 0.462. The third-order valence-electron chi connectivity index (χ3n) is 5.69. The van der Waals surface area contributed by atoms with Crippen LogP contribution in [-0.4, -0.2) is 30.2 Å². The molecule has 6 nitrogen and oxygen atoms in total. The number of hydrogen-bond acceptors (Lipinski definition) is 3. The number of urea groups is 1. The first-order chi connectivity index (χ1) is 15.5. The third-order valence-corrected chi connectivity index (χ3v) is 5.69. The van der Waals surface area contributed by atoms with Crippen molar-refractivity contribution >= 4 is 29.1 Å². The number of carboxylic acids is 1. The van der Waals surface area contributed by atoms with Crippen molar-refractivity contribution in [3.63, 3.8) is 0 Å². The summed E-state index contributed by atoms with van der Waals surface area (Å²) in [5, 5.41) is 15.0. The Hall–Kier alpha value is -3.09. The van der Waals surface area contributed by atoms with Gasteiger partial charge in [0.25, 0.3) is 0 Å². The molecule has 33 heavy (non-hydrogen) atoms. The minimum Gasteiger partial charge on any atom is -0.481 e. The summed E-state index contributed by atoms with van der Waals surface area (Å²) in [4.78, 5) is 26.3. The van der Waals surface area contributed by atoms with Crippen molar-refractivity contribution in [3.05, 3.63) is 53.3 Å². The predicted octanol–water partition coefficient (Wildman–Crippen LogP) is 6.08. The summed E-state index contributed by atoms with van der Waals surface area (Å²) in [6, 6.07) is 10.1. The van der Waals surface area contributed by atoms with Gasteiger partial charge in [-0.2, -0.15) is 0 Å². The number of carboxylic acid groups (broad SMARTS) is 1. The first-order valence-electron chi connectivity index (χ1n) is 11.5. The SMILES string of the molecule is Cc1ccc(NC(=O)Nc2cc([C@@H]3C[C@@H]3C(=O)O)c(F)cc2N(CC(C)C)CC(C)C)cc1. The van der Waals surface area contributed by atoms with Gasteiger partial charge in [0.1, 0.15) is 5.82 Å². The minimum absolute atomic E-state index is 0.334. The van der Waals surface area contributed by atoms with Gasteiger partial charge in [0.15, 0.2) is 0 Å². The standard InChI is InChI=1S/C26H34FN3O3/c1-15(2)13-30(14-16(3)4)24-12-22(27)20(19-10-21(19)25(31)32)11-23(24)29-26(33)28-18-8-6-17(5)7-9-18/h6-9,11-12,15-16,19,21H,10,13-14H2,1-5H3,(H,31,32)(H2,28,29,33)/t19-,21-/m0/s1. The molecule has 3 N–H and O–H groups in total. The van der Waals surface area contributed by atoms with Gasteiger partial charge in [-0.05, 0) is 55.0 Å². The molecule has 0 aromatic heterocycles. The fourth-order valence-corrected chi connectivity index (χ4v) is 4.11. The fourth-order valence-electron chi connectivity index (χ4n) is 4.11. The molecule has 2 aromatic rings. The second-order valence-corrected chi connectivity index (χ2v) is 9.82. The maximum absolute atomic E-state index is 15.2. The summed E-state index contributed by atoms with van der Waals surface area (Å²) in [5.74, 6) is -1.64. The number of aryl methyl sites for hydroxylation is 1. The summed E-state index contributed by atoms with van der Waals surface area (Å²) < 4.78 is 15.2. The van der Waals surface area contributed by atoms with Crippen LogP contribution < -0.4 is 15.5 Å². The Bertz CT molecular complexity index is 995. The van der Waals surface area contributed by atoms with E-state index in [2.05, 4.69) is 43.2 Å². The van der Waals surface area contributed by atoms with Crippen LogP contribution in [0.2, 0.25) is 0 Å². The quantitative estimate of drug-likeness (QED) is 0.428. The van der Waals surface area contributed by atoms with Crippen LogP contribution in [0, 0.1) is 30.5 Å². The zero-order valence-electron chi connectivity index (χ0n) is 20.0. The lowest BCUT2D eigenvalue weighted by Crippen LogP contribution is -2.33. The van der Waals surface area contributed by atoms with Crippen LogP contribution in [0.3, 0.4) is 0 Å². The van der Waals surface area contributed by atoms with E-state index in [1.807, 2.05) is 31.2 Å². The Morgan fingerprint density at radius 2 is 1.67 bits per heavy atom. The topological polar surface area (TPSA) is 81.7 Å². The van der Waals surface area contributed by atoms with E-state index in [4.69, 9.17) is 0 Å². The molecule has 1 aliphatic carbocycles. The zero-order valence-corrected chi connectivity index (χ0v) is 20.0. The summed E-state index contributed by atoms with van der Waals surface area (Å²) in [6.45, 7) is 11.7. The highest BCUT2D eigenvalue weighted by Gasteiger charge is 2.45. The van der Waals surface area contributed by atoms with Gasteiger partial charge in [-0.25, -0.2) is 9.18 Å². The van der Waals surface area contributed by atoms with Gasteiger partial charge in [-0.1, -0.05) is 45.4 Å². The largest absolute Gasteiger partial charge is 0.481 e. The predicted molar refractivity (Wildman–Crippen MR) is 131 cm³/mol. The number of hydrogen-bond donors (Lipinski definition) is 3. The van der Waals surface area contributed by atoms with Gasteiger partial charge in [0.2, 0.25) is 0 Å². The Morgan fingerprint density at radius 3 is 2.18 bits per heavy atom. The Morgan fingerprint density at radius 1 is 1.06 bits per heavy atom. The van der Waals surface area contributed by atoms with Crippen LogP contribution in [0.5, 0.6) is 0 Å². The van der Waals surface area contributed by atoms with E-state index in [1.165, 1.54) is 6.07 Å². The number of aliphatic carboxylic acids is 1. The molecule has 178 valence electrons. The molecule has 0 saturated heterocycles. The van der Waals surface area contributed by atoms with Crippen molar-refractivity contribution in [1.82, 2.24) is 0 Å². The van der Waals surface area contributed by atoms with Crippen molar-refractivity contribution in [3.8, 4) is 0 Å². The normalized spacial score (nSPS) is 17.2. The maximum Gasteiger partial charge on any atom is 0.323 e. The number of nitrogens with one attached hydrogen (secondary N) is 2. The second kappa shape index (κ2) is 10.2. The van der Waals surface area contributed by atoms with Gasteiger partial charge >= 0.3 is 12.0 Å². The van der Waals surface area contributed by atoms with Crippen LogP contribution in [0.1, 0.15) is 51.2 Å². The van der Waals surface area contributed by atoms with Crippen molar-refractivity contribution in [2.45, 2.75) is 47.0 Å². The summed E-state index contributed by atoms with van der Waals surface area (Å²) in [6.07, 6.45) is 0.405. The number of amides is 2. The molecule has 2 amide bonds. The second-order valence-electron chi connectivity index (χ2n) is 9.82. The molecule has 0 spiro atoms. The summed E-state index contributed by atoms with van der Waals surface area (Å²) >= 11 is 0. The molecule has 2 atom stereocenters. The van der Waals surface area contributed by atoms with E-state index in [1.54, 1.807) is 6.07 Å². The molecule has 7 heteroatoms. The first-order valence-corrected chi connectivity index (χ1v) is 11.5. The van der Waals surface area contributed by atoms with E-state index < -0.39 is 23.7 Å². The number of nitrogens with zero attached hydrogens (tertiary/aromatic N) is 1. The van der Waals surface area contributed by atoms with Gasteiger partial charge in [0.05, 0.1) is 17.3 Å². The van der Waals surface area contributed by atoms with E-state index in [0.717, 1.165) is 5.56 Å². The molecule has 0 bridgehead atoms. The van der Waals surface area contributed by atoms with Crippen molar-refractivity contribution < 1.29 is 19.1 Å². The molecule has 0 aliphatic heterocycles. The molecular weight excluding hydrogens is 421 g/mol. The van der Waals surface area contributed by atoms with E-state index in [9.17, 15) is 14.7 Å². The molecule has 1 saturated carbocycles. The van der Waals surface area contributed by atoms with Crippen LogP contribution in [0.25, 0.3) is 0 Å². The summed E-state index contributed by atoms with van der Waals surface area (Å²) in [5.41, 5.74) is 3.16. The van der Waals surface area contributed by atoms with Crippen LogP contribution in [0.4, 0.5) is 26.2 Å². The van der Waals surface area contributed by atoms with Crippen molar-refractivity contribution in [2.75, 3.05) is 28.6 Å². The van der Waals surface area contributed by atoms with E-state index >= 15 is 4.39 Å². The van der Waals surface area contributed by atoms with E-state index in [0.29, 0.717) is 54.0 Å². The van der Waals surface area contributed by atoms with Crippen LogP contribution in [-0.2, 0) is 4.79 Å². The highest BCUT2D eigenvalue weighted by atomic mass is 19.1. The van der Waals surface area contributed by atoms with Gasteiger partial charge in [-0.15, -0.1) is 0 Å². The average molecular weight is 456 g/mol. The Kier molecular flexibility index (Phi) is 7.61. The molecular formula is C26H34FN3O3. The average Bonchev–Trinajstić information content (AvgIpc) is 3.50. The molecule has 1 aliphatic rings. The van der Waals surface area contributed by atoms with Gasteiger partial charge in [-0.3, -0.25) is 4.79 Å². The number of carbonyl (C=O) groups excluding carboxylic acids is 1. The molecule has 2 aromatic carbocycles. The van der Waals surface area contributed by atoms with Crippen molar-refractivity contribution in [2.24, 2.45) is 17.8 Å². The number of carbonyl (C=O) groups is 2. The molecule has 0 unspecified atom stereocenters. The molecule has 0 radical (unpaired) electrons. The minimum atomic E-state index is -0.920. The lowest BCUT2D eigenvalue weighted by molar-refractivity contribution is -0.138. The Labute approximate surface area is 195 Å². The number of halogens is 1. The monoisotopic (exact) mass is 455 g/mol. The maximum atomic E-state index is 15.2. The highest BCUT2D eigenvalue weighted by Crippen LogP contribution is 2.50. The molecule has 1 fully saturated rings. The number of benzene rings is 2. The highest BCUT2D eigenvalue weighted by molar-refractivity contribution is 6.02. The zero-order chi connectivity index (χ0) is 24.3. The first kappa shape index (κ1) is 24.6.